The van der Waals surface area contributed by atoms with E-state index < -0.39 is 17.8 Å². The van der Waals surface area contributed by atoms with Gasteiger partial charge in [-0.25, -0.2) is 0 Å². The second kappa shape index (κ2) is 6.79. The Morgan fingerprint density at radius 2 is 2.05 bits per heavy atom. The predicted molar refractivity (Wildman–Crippen MR) is 73.9 cm³/mol. The summed E-state index contributed by atoms with van der Waals surface area (Å²) in [4.78, 5) is 0. The van der Waals surface area contributed by atoms with Crippen LogP contribution < -0.4 is 0 Å². The Bertz CT molecular complexity index is 453. The van der Waals surface area contributed by atoms with Gasteiger partial charge in [0.05, 0.1) is 17.8 Å². The minimum Gasteiger partial charge on any atom is -0.393 e. The van der Waals surface area contributed by atoms with Gasteiger partial charge in [0, 0.05) is 6.61 Å². The number of aliphatic hydroxyl groups excluding tert-OH is 1. The average molecular weight is 302 g/mol. The van der Waals surface area contributed by atoms with Crippen LogP contribution in [-0.4, -0.2) is 23.9 Å². The number of aliphatic hydroxyl groups is 1. The van der Waals surface area contributed by atoms with Crippen LogP contribution in [0.5, 0.6) is 0 Å². The van der Waals surface area contributed by atoms with Crippen molar-refractivity contribution in [2.45, 2.75) is 51.0 Å². The largest absolute Gasteiger partial charge is 0.416 e. The normalized spacial score (nSPS) is 23.7. The molecule has 0 bridgehead atoms. The van der Waals surface area contributed by atoms with E-state index in [-0.39, 0.29) is 6.42 Å². The van der Waals surface area contributed by atoms with Gasteiger partial charge in [-0.1, -0.05) is 18.2 Å². The standard InChI is InChI=1S/C16H21F3O2/c1-2-21-15-9-12(10-15)8-14(20)7-11-4-3-5-13(6-11)16(17,18)19/h3-6,12,14-15,20H,2,7-10H2,1H3. The molecule has 1 fully saturated rings. The van der Waals surface area contributed by atoms with E-state index in [1.807, 2.05) is 6.92 Å². The van der Waals surface area contributed by atoms with Crippen LogP contribution in [-0.2, 0) is 17.3 Å². The van der Waals surface area contributed by atoms with Crippen LogP contribution in [0.2, 0.25) is 0 Å². The summed E-state index contributed by atoms with van der Waals surface area (Å²) >= 11 is 0. The molecule has 1 aromatic carbocycles. The fourth-order valence-corrected chi connectivity index (χ4v) is 2.85. The van der Waals surface area contributed by atoms with E-state index in [0.29, 0.717) is 30.6 Å². The first-order valence-corrected chi connectivity index (χ1v) is 7.34. The molecule has 0 heterocycles. The van der Waals surface area contributed by atoms with Gasteiger partial charge in [0.2, 0.25) is 0 Å². The van der Waals surface area contributed by atoms with Crippen LogP contribution in [0, 0.1) is 5.92 Å². The number of hydrogen-bond donors (Lipinski definition) is 1. The molecule has 0 saturated heterocycles. The zero-order valence-electron chi connectivity index (χ0n) is 12.1. The highest BCUT2D eigenvalue weighted by Crippen LogP contribution is 2.34. The fourth-order valence-electron chi connectivity index (χ4n) is 2.85. The highest BCUT2D eigenvalue weighted by Gasteiger charge is 2.32. The van der Waals surface area contributed by atoms with E-state index in [1.54, 1.807) is 6.07 Å². The van der Waals surface area contributed by atoms with Gasteiger partial charge >= 0.3 is 6.18 Å². The third kappa shape index (κ3) is 4.71. The molecule has 1 unspecified atom stereocenters. The van der Waals surface area contributed by atoms with Crippen molar-refractivity contribution in [2.75, 3.05) is 6.61 Å². The van der Waals surface area contributed by atoms with Crippen molar-refractivity contribution in [1.82, 2.24) is 0 Å². The highest BCUT2D eigenvalue weighted by molar-refractivity contribution is 5.26. The summed E-state index contributed by atoms with van der Waals surface area (Å²) < 4.78 is 43.3. The van der Waals surface area contributed by atoms with Gasteiger partial charge in [0.15, 0.2) is 0 Å². The Labute approximate surface area is 122 Å². The maximum atomic E-state index is 12.6. The summed E-state index contributed by atoms with van der Waals surface area (Å²) in [6, 6.07) is 5.18. The van der Waals surface area contributed by atoms with Gasteiger partial charge in [0.1, 0.15) is 0 Å². The van der Waals surface area contributed by atoms with Gasteiger partial charge in [-0.2, -0.15) is 13.2 Å². The number of rotatable bonds is 6. The topological polar surface area (TPSA) is 29.5 Å². The van der Waals surface area contributed by atoms with Crippen molar-refractivity contribution in [3.8, 4) is 0 Å². The van der Waals surface area contributed by atoms with Crippen LogP contribution >= 0.6 is 0 Å². The number of alkyl halides is 3. The summed E-state index contributed by atoms with van der Waals surface area (Å²) in [6.07, 6.45) is -1.87. The third-order valence-corrected chi connectivity index (χ3v) is 3.93. The minimum absolute atomic E-state index is 0.264. The number of ether oxygens (including phenoxy) is 1. The first-order valence-electron chi connectivity index (χ1n) is 7.34. The second-order valence-corrected chi connectivity index (χ2v) is 5.71. The molecule has 1 aliphatic rings. The lowest BCUT2D eigenvalue weighted by Crippen LogP contribution is -2.34. The lowest BCUT2D eigenvalue weighted by atomic mass is 9.78. The van der Waals surface area contributed by atoms with Gasteiger partial charge in [-0.3, -0.25) is 0 Å². The van der Waals surface area contributed by atoms with Crippen LogP contribution in [0.15, 0.2) is 24.3 Å². The van der Waals surface area contributed by atoms with E-state index in [4.69, 9.17) is 4.74 Å². The van der Waals surface area contributed by atoms with E-state index in [2.05, 4.69) is 0 Å². The van der Waals surface area contributed by atoms with Crippen LogP contribution in [0.1, 0.15) is 37.3 Å². The van der Waals surface area contributed by atoms with Gasteiger partial charge in [-0.15, -0.1) is 0 Å². The molecule has 118 valence electrons. The smallest absolute Gasteiger partial charge is 0.393 e. The van der Waals surface area contributed by atoms with Crippen molar-refractivity contribution in [3.63, 3.8) is 0 Å². The molecule has 1 aliphatic carbocycles. The molecule has 21 heavy (non-hydrogen) atoms. The van der Waals surface area contributed by atoms with E-state index in [1.165, 1.54) is 6.07 Å². The Balaban J connectivity index is 1.82. The zero-order valence-corrected chi connectivity index (χ0v) is 12.1. The summed E-state index contributed by atoms with van der Waals surface area (Å²) in [6.45, 7) is 2.65. The Morgan fingerprint density at radius 3 is 2.67 bits per heavy atom. The zero-order chi connectivity index (χ0) is 15.5. The lowest BCUT2D eigenvalue weighted by Gasteiger charge is -2.36. The summed E-state index contributed by atoms with van der Waals surface area (Å²) in [5, 5.41) is 10.0. The van der Waals surface area contributed by atoms with Crippen LogP contribution in [0.25, 0.3) is 0 Å². The average Bonchev–Trinajstić information content (AvgIpc) is 2.35. The third-order valence-electron chi connectivity index (χ3n) is 3.93. The summed E-state index contributed by atoms with van der Waals surface area (Å²) in [5.74, 6) is 0.419. The van der Waals surface area contributed by atoms with Crippen molar-refractivity contribution in [1.29, 1.82) is 0 Å². The maximum absolute atomic E-state index is 12.6. The second-order valence-electron chi connectivity index (χ2n) is 5.71. The van der Waals surface area contributed by atoms with Crippen molar-refractivity contribution < 1.29 is 23.0 Å². The molecule has 1 atom stereocenters. The summed E-state index contributed by atoms with van der Waals surface area (Å²) in [5.41, 5.74) is -0.134. The molecular formula is C16H21F3O2. The molecule has 2 nitrogen and oxygen atoms in total. The first kappa shape index (κ1) is 16.3. The molecule has 0 aliphatic heterocycles. The maximum Gasteiger partial charge on any atom is 0.416 e. The Morgan fingerprint density at radius 1 is 1.33 bits per heavy atom. The summed E-state index contributed by atoms with van der Waals surface area (Å²) in [7, 11) is 0. The number of benzene rings is 1. The molecule has 2 rings (SSSR count). The van der Waals surface area contributed by atoms with Crippen molar-refractivity contribution in [2.24, 2.45) is 5.92 Å². The molecule has 1 saturated carbocycles. The Kier molecular flexibility index (Phi) is 5.27. The monoisotopic (exact) mass is 302 g/mol. The predicted octanol–water partition coefficient (Wildman–Crippen LogP) is 3.81. The minimum atomic E-state index is -4.33. The van der Waals surface area contributed by atoms with Gasteiger partial charge in [0.25, 0.3) is 0 Å². The van der Waals surface area contributed by atoms with Gasteiger partial charge < -0.3 is 9.84 Å². The molecular weight excluding hydrogens is 281 g/mol. The van der Waals surface area contributed by atoms with Crippen molar-refractivity contribution in [3.05, 3.63) is 35.4 Å². The first-order chi connectivity index (χ1) is 9.88. The molecule has 0 aromatic heterocycles. The van der Waals surface area contributed by atoms with Gasteiger partial charge in [-0.05, 0) is 50.2 Å². The van der Waals surface area contributed by atoms with E-state index >= 15 is 0 Å². The fraction of sp³-hybridized carbons (Fsp3) is 0.625. The molecule has 1 N–H and O–H groups in total. The highest BCUT2D eigenvalue weighted by atomic mass is 19.4. The molecule has 0 radical (unpaired) electrons. The molecule has 0 spiro atoms. The molecule has 0 amide bonds. The Hall–Kier alpha value is -1.07. The van der Waals surface area contributed by atoms with E-state index in [0.717, 1.165) is 25.0 Å². The SMILES string of the molecule is CCOC1CC(CC(O)Cc2cccc(C(F)(F)F)c2)C1. The van der Waals surface area contributed by atoms with Crippen LogP contribution in [0.3, 0.4) is 0 Å². The molecule has 5 heteroatoms. The van der Waals surface area contributed by atoms with Crippen LogP contribution in [0.4, 0.5) is 13.2 Å². The lowest BCUT2D eigenvalue weighted by molar-refractivity contribution is -0.137. The number of hydrogen-bond acceptors (Lipinski definition) is 2. The molecule has 1 aromatic rings. The van der Waals surface area contributed by atoms with Crippen molar-refractivity contribution >= 4 is 0 Å². The quantitative estimate of drug-likeness (QED) is 0.866. The number of halogens is 3. The van der Waals surface area contributed by atoms with E-state index in [9.17, 15) is 18.3 Å².